The second kappa shape index (κ2) is 7.35. The lowest BCUT2D eigenvalue weighted by Gasteiger charge is -2.28. The van der Waals surface area contributed by atoms with Crippen LogP contribution >= 0.6 is 0 Å². The lowest BCUT2D eigenvalue weighted by atomic mass is 9.86. The van der Waals surface area contributed by atoms with E-state index in [-0.39, 0.29) is 18.9 Å². The van der Waals surface area contributed by atoms with E-state index in [1.807, 2.05) is 0 Å². The zero-order valence-corrected chi connectivity index (χ0v) is 14.0. The fraction of sp³-hybridized carbons (Fsp3) is 0.471. The van der Waals surface area contributed by atoms with Crippen LogP contribution < -0.4 is 5.32 Å². The first-order chi connectivity index (χ1) is 12.1. The second-order valence-corrected chi connectivity index (χ2v) is 6.32. The summed E-state index contributed by atoms with van der Waals surface area (Å²) in [6.45, 7) is 0.0495. The molecule has 2 N–H and O–H groups in total. The minimum absolute atomic E-state index is 0.253. The average molecular weight is 372 g/mol. The summed E-state index contributed by atoms with van der Waals surface area (Å²) in [7, 11) is 0. The van der Waals surface area contributed by atoms with Crippen LogP contribution in [0.1, 0.15) is 31.4 Å². The van der Waals surface area contributed by atoms with Crippen LogP contribution in [0.15, 0.2) is 30.3 Å². The van der Waals surface area contributed by atoms with Gasteiger partial charge in [-0.1, -0.05) is 30.3 Å². The first-order valence-electron chi connectivity index (χ1n) is 7.97. The summed E-state index contributed by atoms with van der Waals surface area (Å²) in [6.07, 6.45) is -5.89. The smallest absolute Gasteiger partial charge is 0.406 e. The molecule has 142 valence electrons. The topological polar surface area (TPSA) is 86.7 Å². The van der Waals surface area contributed by atoms with E-state index in [0.717, 1.165) is 4.90 Å². The summed E-state index contributed by atoms with van der Waals surface area (Å²) in [5.41, 5.74) is -2.31. The highest BCUT2D eigenvalue weighted by molar-refractivity contribution is 5.82. The number of nitrogens with one attached hydrogen (secondary N) is 1. The van der Waals surface area contributed by atoms with Crippen LogP contribution in [0.4, 0.5) is 13.2 Å². The third kappa shape index (κ3) is 3.97. The molecule has 0 aliphatic carbocycles. The van der Waals surface area contributed by atoms with E-state index in [0.29, 0.717) is 5.56 Å². The number of hydrogen-bond donors (Lipinski definition) is 2. The van der Waals surface area contributed by atoms with Crippen LogP contribution in [-0.2, 0) is 14.4 Å². The number of hydrogen-bond acceptors (Lipinski definition) is 3. The van der Waals surface area contributed by atoms with Crippen molar-refractivity contribution < 1.29 is 32.7 Å². The van der Waals surface area contributed by atoms with Crippen LogP contribution in [0.5, 0.6) is 0 Å². The Kier molecular flexibility index (Phi) is 5.58. The van der Waals surface area contributed by atoms with E-state index < -0.39 is 42.5 Å². The maximum atomic E-state index is 13.2. The molecule has 2 rings (SSSR count). The predicted octanol–water partition coefficient (Wildman–Crippen LogP) is 2.12. The third-order valence-electron chi connectivity index (χ3n) is 4.53. The lowest BCUT2D eigenvalue weighted by Crippen LogP contribution is -2.48. The maximum Gasteiger partial charge on any atom is 0.406 e. The van der Waals surface area contributed by atoms with Crippen molar-refractivity contribution in [3.63, 3.8) is 0 Å². The zero-order valence-electron chi connectivity index (χ0n) is 14.0. The molecule has 0 bridgehead atoms. The monoisotopic (exact) mass is 372 g/mol. The molecular formula is C17H19F3N2O4. The van der Waals surface area contributed by atoms with Gasteiger partial charge in [0, 0.05) is 20.0 Å². The number of amides is 2. The van der Waals surface area contributed by atoms with Crippen molar-refractivity contribution in [2.75, 3.05) is 13.1 Å². The van der Waals surface area contributed by atoms with Crippen molar-refractivity contribution in [3.05, 3.63) is 35.9 Å². The fourth-order valence-corrected chi connectivity index (χ4v) is 3.04. The minimum Gasteiger partial charge on any atom is -0.481 e. The standard InChI is InChI=1S/C17H19F3N2O4/c1-11(23)21-13(12-5-3-2-4-6-12)9-14(24)22-8-7-16(10-22,15(25)26)17(18,19)20/h2-6,13H,7-10H2,1H3,(H,21,23)(H,25,26). The first-order valence-corrected chi connectivity index (χ1v) is 7.97. The van der Waals surface area contributed by atoms with Gasteiger partial charge < -0.3 is 15.3 Å². The molecule has 1 heterocycles. The number of carboxylic acids is 1. The number of carbonyl (C=O) groups is 3. The van der Waals surface area contributed by atoms with Crippen LogP contribution in [0.2, 0.25) is 0 Å². The molecule has 1 aromatic carbocycles. The van der Waals surface area contributed by atoms with Crippen LogP contribution in [0.3, 0.4) is 0 Å². The Morgan fingerprint density at radius 3 is 2.35 bits per heavy atom. The van der Waals surface area contributed by atoms with Gasteiger partial charge in [-0.05, 0) is 12.0 Å². The molecule has 1 aliphatic heterocycles. The molecule has 0 radical (unpaired) electrons. The Morgan fingerprint density at radius 2 is 1.88 bits per heavy atom. The molecule has 0 spiro atoms. The molecule has 2 atom stereocenters. The van der Waals surface area contributed by atoms with E-state index >= 15 is 0 Å². The molecule has 1 aromatic rings. The summed E-state index contributed by atoms with van der Waals surface area (Å²) >= 11 is 0. The maximum absolute atomic E-state index is 13.2. The summed E-state index contributed by atoms with van der Waals surface area (Å²) in [6, 6.07) is 7.85. The highest BCUT2D eigenvalue weighted by Gasteiger charge is 2.64. The quantitative estimate of drug-likeness (QED) is 0.829. The molecule has 1 aliphatic rings. The van der Waals surface area contributed by atoms with Gasteiger partial charge in [0.25, 0.3) is 0 Å². The predicted molar refractivity (Wildman–Crippen MR) is 84.9 cm³/mol. The van der Waals surface area contributed by atoms with Gasteiger partial charge >= 0.3 is 12.1 Å². The zero-order chi connectivity index (χ0) is 19.5. The van der Waals surface area contributed by atoms with Crippen molar-refractivity contribution >= 4 is 17.8 Å². The Balaban J connectivity index is 2.15. The number of carbonyl (C=O) groups excluding carboxylic acids is 2. The molecule has 1 fully saturated rings. The Hall–Kier alpha value is -2.58. The van der Waals surface area contributed by atoms with Gasteiger partial charge in [-0.15, -0.1) is 0 Å². The lowest BCUT2D eigenvalue weighted by molar-refractivity contribution is -0.227. The number of nitrogens with zero attached hydrogens (tertiary/aromatic N) is 1. The van der Waals surface area contributed by atoms with Gasteiger partial charge in [-0.3, -0.25) is 14.4 Å². The number of alkyl halides is 3. The van der Waals surface area contributed by atoms with Crippen molar-refractivity contribution in [1.29, 1.82) is 0 Å². The average Bonchev–Trinajstić information content (AvgIpc) is 3.01. The van der Waals surface area contributed by atoms with E-state index in [9.17, 15) is 27.6 Å². The molecule has 26 heavy (non-hydrogen) atoms. The summed E-state index contributed by atoms with van der Waals surface area (Å²) in [5, 5.41) is 11.7. The molecule has 2 unspecified atom stereocenters. The van der Waals surface area contributed by atoms with E-state index in [1.54, 1.807) is 30.3 Å². The van der Waals surface area contributed by atoms with Crippen molar-refractivity contribution in [2.45, 2.75) is 32.0 Å². The molecule has 0 saturated carbocycles. The van der Waals surface area contributed by atoms with E-state index in [2.05, 4.69) is 5.32 Å². The largest absolute Gasteiger partial charge is 0.481 e. The number of likely N-dealkylation sites (tertiary alicyclic amines) is 1. The van der Waals surface area contributed by atoms with Crippen molar-refractivity contribution in [3.8, 4) is 0 Å². The van der Waals surface area contributed by atoms with Gasteiger partial charge in [0.2, 0.25) is 11.8 Å². The second-order valence-electron chi connectivity index (χ2n) is 6.32. The van der Waals surface area contributed by atoms with Crippen LogP contribution in [0.25, 0.3) is 0 Å². The van der Waals surface area contributed by atoms with Crippen molar-refractivity contribution in [1.82, 2.24) is 10.2 Å². The van der Waals surface area contributed by atoms with Crippen molar-refractivity contribution in [2.24, 2.45) is 5.41 Å². The normalized spacial score (nSPS) is 21.3. The molecule has 2 amide bonds. The molecule has 6 nitrogen and oxygen atoms in total. The molecule has 9 heteroatoms. The number of halogens is 3. The summed E-state index contributed by atoms with van der Waals surface area (Å²) < 4.78 is 39.7. The number of benzene rings is 1. The fourth-order valence-electron chi connectivity index (χ4n) is 3.04. The number of rotatable bonds is 5. The SMILES string of the molecule is CC(=O)NC(CC(=O)N1CCC(C(=O)O)(C(F)(F)F)C1)c1ccccc1. The van der Waals surface area contributed by atoms with Gasteiger partial charge in [0.15, 0.2) is 5.41 Å². The third-order valence-corrected chi connectivity index (χ3v) is 4.53. The molecular weight excluding hydrogens is 353 g/mol. The number of carboxylic acid groups (broad SMARTS) is 1. The Morgan fingerprint density at radius 1 is 1.27 bits per heavy atom. The molecule has 0 aromatic heterocycles. The summed E-state index contributed by atoms with van der Waals surface area (Å²) in [5.74, 6) is -3.01. The van der Waals surface area contributed by atoms with Gasteiger partial charge in [0.1, 0.15) is 0 Å². The first kappa shape index (κ1) is 19.7. The van der Waals surface area contributed by atoms with E-state index in [1.165, 1.54) is 6.92 Å². The summed E-state index contributed by atoms with van der Waals surface area (Å²) in [4.78, 5) is 36.0. The highest BCUT2D eigenvalue weighted by Crippen LogP contribution is 2.46. The van der Waals surface area contributed by atoms with Gasteiger partial charge in [0.05, 0.1) is 12.5 Å². The Labute approximate surface area is 148 Å². The van der Waals surface area contributed by atoms with Gasteiger partial charge in [-0.25, -0.2) is 0 Å². The highest BCUT2D eigenvalue weighted by atomic mass is 19.4. The van der Waals surface area contributed by atoms with Crippen LogP contribution in [0, 0.1) is 5.41 Å². The van der Waals surface area contributed by atoms with Crippen LogP contribution in [-0.4, -0.2) is 47.1 Å². The minimum atomic E-state index is -4.95. The Bertz CT molecular complexity index is 693. The molecule has 1 saturated heterocycles. The van der Waals surface area contributed by atoms with Gasteiger partial charge in [-0.2, -0.15) is 13.2 Å². The number of aliphatic carboxylic acids is 1. The van der Waals surface area contributed by atoms with E-state index in [4.69, 9.17) is 5.11 Å².